The van der Waals surface area contributed by atoms with Crippen molar-refractivity contribution in [3.05, 3.63) is 35.9 Å². The summed E-state index contributed by atoms with van der Waals surface area (Å²) in [4.78, 5) is 24.2. The Kier molecular flexibility index (Phi) is 6.59. The lowest BCUT2D eigenvalue weighted by atomic mass is 10.0. The lowest BCUT2D eigenvalue weighted by molar-refractivity contribution is -0.150. The third-order valence-corrected chi connectivity index (χ3v) is 2.76. The standard InChI is InChI=1S/C16H17N3O3/c1-11(2)22-16(21)14(8-12(9-17)10-18)19-15(20)13-6-4-3-5-7-13/h3-7,11-12,14H,8H2,1-2H3,(H,19,20). The van der Waals surface area contributed by atoms with Crippen molar-refractivity contribution in [2.75, 3.05) is 0 Å². The van der Waals surface area contributed by atoms with Gasteiger partial charge in [0, 0.05) is 12.0 Å². The molecule has 0 aliphatic carbocycles. The Hall–Kier alpha value is -2.86. The minimum Gasteiger partial charge on any atom is -0.461 e. The van der Waals surface area contributed by atoms with Gasteiger partial charge in [0.1, 0.15) is 12.0 Å². The maximum Gasteiger partial charge on any atom is 0.328 e. The molecule has 0 saturated heterocycles. The number of nitrogens with one attached hydrogen (secondary N) is 1. The van der Waals surface area contributed by atoms with E-state index in [0.29, 0.717) is 5.56 Å². The largest absolute Gasteiger partial charge is 0.461 e. The number of nitrogens with zero attached hydrogens (tertiary/aromatic N) is 2. The zero-order valence-electron chi connectivity index (χ0n) is 12.4. The highest BCUT2D eigenvalue weighted by atomic mass is 16.5. The van der Waals surface area contributed by atoms with E-state index in [-0.39, 0.29) is 12.5 Å². The molecule has 0 spiro atoms. The Morgan fingerprint density at radius 1 is 1.18 bits per heavy atom. The number of benzene rings is 1. The van der Waals surface area contributed by atoms with Gasteiger partial charge in [-0.1, -0.05) is 18.2 Å². The first kappa shape index (κ1) is 17.2. The van der Waals surface area contributed by atoms with Gasteiger partial charge in [0.15, 0.2) is 0 Å². The molecule has 1 atom stereocenters. The highest BCUT2D eigenvalue weighted by molar-refractivity contribution is 5.96. The number of hydrogen-bond donors (Lipinski definition) is 1. The summed E-state index contributed by atoms with van der Waals surface area (Å²) in [6.45, 7) is 3.36. The number of carbonyl (C=O) groups is 2. The van der Waals surface area contributed by atoms with Crippen LogP contribution in [0.5, 0.6) is 0 Å². The van der Waals surface area contributed by atoms with E-state index in [1.165, 1.54) is 0 Å². The molecule has 1 amide bonds. The average molecular weight is 299 g/mol. The van der Waals surface area contributed by atoms with Crippen LogP contribution in [0.1, 0.15) is 30.6 Å². The van der Waals surface area contributed by atoms with Crippen molar-refractivity contribution < 1.29 is 14.3 Å². The van der Waals surface area contributed by atoms with Gasteiger partial charge >= 0.3 is 5.97 Å². The SMILES string of the molecule is CC(C)OC(=O)C(CC(C#N)C#N)NC(=O)c1ccccc1. The Labute approximate surface area is 129 Å². The molecule has 6 nitrogen and oxygen atoms in total. The Bertz CT molecular complexity index is 585. The molecule has 1 aromatic carbocycles. The van der Waals surface area contributed by atoms with Gasteiger partial charge in [-0.3, -0.25) is 4.79 Å². The maximum absolute atomic E-state index is 12.1. The molecule has 0 aliphatic rings. The smallest absolute Gasteiger partial charge is 0.328 e. The molecule has 0 bridgehead atoms. The molecular formula is C16H17N3O3. The van der Waals surface area contributed by atoms with Gasteiger partial charge in [-0.05, 0) is 26.0 Å². The Morgan fingerprint density at radius 3 is 2.27 bits per heavy atom. The topological polar surface area (TPSA) is 103 Å². The van der Waals surface area contributed by atoms with Crippen molar-refractivity contribution in [2.24, 2.45) is 5.92 Å². The van der Waals surface area contributed by atoms with Crippen LogP contribution in [0.15, 0.2) is 30.3 Å². The van der Waals surface area contributed by atoms with E-state index in [1.807, 2.05) is 0 Å². The summed E-state index contributed by atoms with van der Waals surface area (Å²) in [5.74, 6) is -2.11. The van der Waals surface area contributed by atoms with E-state index in [2.05, 4.69) is 5.32 Å². The molecule has 1 aromatic rings. The number of amides is 1. The lowest BCUT2D eigenvalue weighted by Gasteiger charge is -2.19. The number of carbonyl (C=O) groups excluding carboxylic acids is 2. The summed E-state index contributed by atoms with van der Waals surface area (Å²) in [6, 6.07) is 10.9. The van der Waals surface area contributed by atoms with E-state index < -0.39 is 23.8 Å². The van der Waals surface area contributed by atoms with Crippen LogP contribution in [0, 0.1) is 28.6 Å². The van der Waals surface area contributed by atoms with Gasteiger partial charge in [-0.25, -0.2) is 4.79 Å². The van der Waals surface area contributed by atoms with Crippen LogP contribution < -0.4 is 5.32 Å². The molecule has 0 aromatic heterocycles. The van der Waals surface area contributed by atoms with Crippen molar-refractivity contribution in [2.45, 2.75) is 32.4 Å². The van der Waals surface area contributed by atoms with Gasteiger partial charge < -0.3 is 10.1 Å². The Balaban J connectivity index is 2.86. The van der Waals surface area contributed by atoms with Crippen LogP contribution in [-0.2, 0) is 9.53 Å². The number of hydrogen-bond acceptors (Lipinski definition) is 5. The second-order valence-corrected chi connectivity index (χ2v) is 4.92. The molecule has 22 heavy (non-hydrogen) atoms. The molecule has 0 heterocycles. The fourth-order valence-electron chi connectivity index (χ4n) is 1.73. The third-order valence-electron chi connectivity index (χ3n) is 2.76. The van der Waals surface area contributed by atoms with Gasteiger partial charge in [0.25, 0.3) is 5.91 Å². The van der Waals surface area contributed by atoms with Gasteiger partial charge in [-0.15, -0.1) is 0 Å². The van der Waals surface area contributed by atoms with Gasteiger partial charge in [0.2, 0.25) is 0 Å². The normalized spacial score (nSPS) is 11.4. The maximum atomic E-state index is 12.1. The molecule has 0 saturated carbocycles. The minimum absolute atomic E-state index is 0.114. The van der Waals surface area contributed by atoms with Gasteiger partial charge in [-0.2, -0.15) is 10.5 Å². The molecule has 0 fully saturated rings. The predicted octanol–water partition coefficient (Wildman–Crippen LogP) is 1.79. The van der Waals surface area contributed by atoms with E-state index in [0.717, 1.165) is 0 Å². The average Bonchev–Trinajstić information content (AvgIpc) is 2.51. The van der Waals surface area contributed by atoms with Crippen molar-refractivity contribution >= 4 is 11.9 Å². The third kappa shape index (κ3) is 5.26. The molecule has 114 valence electrons. The fourth-order valence-corrected chi connectivity index (χ4v) is 1.73. The van der Waals surface area contributed by atoms with E-state index in [4.69, 9.17) is 15.3 Å². The minimum atomic E-state index is -1.04. The molecule has 0 radical (unpaired) electrons. The van der Waals surface area contributed by atoms with Crippen molar-refractivity contribution in [1.82, 2.24) is 5.32 Å². The molecule has 1 unspecified atom stereocenters. The van der Waals surface area contributed by atoms with Crippen molar-refractivity contribution in [1.29, 1.82) is 10.5 Å². The summed E-state index contributed by atoms with van der Waals surface area (Å²) in [6.07, 6.45) is -0.469. The second-order valence-electron chi connectivity index (χ2n) is 4.92. The highest BCUT2D eigenvalue weighted by Crippen LogP contribution is 2.09. The zero-order valence-corrected chi connectivity index (χ0v) is 12.4. The predicted molar refractivity (Wildman–Crippen MR) is 78.3 cm³/mol. The van der Waals surface area contributed by atoms with Crippen LogP contribution in [0.4, 0.5) is 0 Å². The number of esters is 1. The molecule has 0 aliphatic heterocycles. The first-order valence-corrected chi connectivity index (χ1v) is 6.83. The Morgan fingerprint density at radius 2 is 1.77 bits per heavy atom. The van der Waals surface area contributed by atoms with E-state index >= 15 is 0 Å². The van der Waals surface area contributed by atoms with E-state index in [9.17, 15) is 9.59 Å². The van der Waals surface area contributed by atoms with Crippen molar-refractivity contribution in [3.8, 4) is 12.1 Å². The monoisotopic (exact) mass is 299 g/mol. The van der Waals surface area contributed by atoms with Crippen molar-refractivity contribution in [3.63, 3.8) is 0 Å². The molecular weight excluding hydrogens is 282 g/mol. The van der Waals surface area contributed by atoms with Crippen LogP contribution in [0.3, 0.4) is 0 Å². The summed E-state index contributed by atoms with van der Waals surface area (Å²) in [5.41, 5.74) is 0.385. The number of ether oxygens (including phenoxy) is 1. The lowest BCUT2D eigenvalue weighted by Crippen LogP contribution is -2.43. The van der Waals surface area contributed by atoms with Crippen LogP contribution >= 0.6 is 0 Å². The molecule has 1 rings (SSSR count). The highest BCUT2D eigenvalue weighted by Gasteiger charge is 2.27. The quantitative estimate of drug-likeness (QED) is 0.806. The van der Waals surface area contributed by atoms with Crippen LogP contribution in [0.2, 0.25) is 0 Å². The summed E-state index contributed by atoms with van der Waals surface area (Å²) in [5, 5.41) is 20.2. The van der Waals surface area contributed by atoms with Gasteiger partial charge in [0.05, 0.1) is 18.2 Å². The summed E-state index contributed by atoms with van der Waals surface area (Å²) in [7, 11) is 0. The van der Waals surface area contributed by atoms with E-state index in [1.54, 1.807) is 56.3 Å². The second kappa shape index (κ2) is 8.43. The fraction of sp³-hybridized carbons (Fsp3) is 0.375. The zero-order chi connectivity index (χ0) is 16.5. The first-order valence-electron chi connectivity index (χ1n) is 6.83. The molecule has 6 heteroatoms. The number of nitriles is 2. The van der Waals surface area contributed by atoms with Crippen LogP contribution in [-0.4, -0.2) is 24.0 Å². The summed E-state index contributed by atoms with van der Waals surface area (Å²) < 4.78 is 5.07. The summed E-state index contributed by atoms with van der Waals surface area (Å²) >= 11 is 0. The van der Waals surface area contributed by atoms with Crippen LogP contribution in [0.25, 0.3) is 0 Å². The molecule has 1 N–H and O–H groups in total. The first-order chi connectivity index (χ1) is 10.5. The number of rotatable bonds is 6.